The van der Waals surface area contributed by atoms with Crippen molar-refractivity contribution < 1.29 is 28.1 Å². The minimum atomic E-state index is 0.596. The number of benzene rings is 4. The minimum absolute atomic E-state index is 0.596. The standard InChI is InChI=1S/C44H50N2O4/c1-7-24-49-41-30-36(28-40(31(41)3)44-38-19-13-11-17-34(38)21-23-46(44)6)48-25-14-9-15-26-50-42-29-35(47-8-2)27-39(32(42)4)43-37-18-12-10-16-33(37)20-22-45(43)5/h10-13,16-23,27-30H,7-9,14-15,24-26H2,1-6H3/q+2. The zero-order chi connectivity index (χ0) is 35.0. The molecule has 0 saturated carbocycles. The first-order valence-corrected chi connectivity index (χ1v) is 18.0. The molecule has 6 heteroatoms. The molecular weight excluding hydrogens is 620 g/mol. The van der Waals surface area contributed by atoms with Crippen LogP contribution in [0.3, 0.4) is 0 Å². The second-order valence-corrected chi connectivity index (χ2v) is 13.0. The van der Waals surface area contributed by atoms with Crippen molar-refractivity contribution in [2.45, 2.75) is 53.4 Å². The van der Waals surface area contributed by atoms with Gasteiger partial charge in [0.25, 0.3) is 0 Å². The number of unbranched alkanes of at least 4 members (excludes halogenated alkanes) is 2. The van der Waals surface area contributed by atoms with Gasteiger partial charge in [0, 0.05) is 35.4 Å². The molecule has 0 fully saturated rings. The molecule has 258 valence electrons. The van der Waals surface area contributed by atoms with Gasteiger partial charge in [-0.05, 0) is 81.5 Å². The SMILES string of the molecule is CCCOc1cc(OCCCCCOc2cc(OCC)cc(-c3c4ccccc4cc[n+]3C)c2C)cc(-c2c3ccccc3cc[n+]2C)c1C. The van der Waals surface area contributed by atoms with Gasteiger partial charge in [-0.2, -0.15) is 0 Å². The van der Waals surface area contributed by atoms with Crippen LogP contribution in [0.15, 0.2) is 97.3 Å². The first kappa shape index (κ1) is 34.8. The lowest BCUT2D eigenvalue weighted by molar-refractivity contribution is -0.659. The van der Waals surface area contributed by atoms with Crippen molar-refractivity contribution in [1.29, 1.82) is 0 Å². The van der Waals surface area contributed by atoms with E-state index in [0.29, 0.717) is 26.4 Å². The van der Waals surface area contributed by atoms with Crippen LogP contribution in [0.4, 0.5) is 0 Å². The predicted octanol–water partition coefficient (Wildman–Crippen LogP) is 9.41. The van der Waals surface area contributed by atoms with Crippen molar-refractivity contribution in [2.75, 3.05) is 26.4 Å². The van der Waals surface area contributed by atoms with E-state index in [1.165, 1.54) is 21.5 Å². The molecule has 6 nitrogen and oxygen atoms in total. The van der Waals surface area contributed by atoms with Gasteiger partial charge >= 0.3 is 0 Å². The molecule has 2 aromatic heterocycles. The second-order valence-electron chi connectivity index (χ2n) is 13.0. The topological polar surface area (TPSA) is 44.7 Å². The summed E-state index contributed by atoms with van der Waals surface area (Å²) in [5, 5.41) is 4.83. The Morgan fingerprint density at radius 2 is 1.00 bits per heavy atom. The molecule has 0 unspecified atom stereocenters. The molecule has 0 saturated heterocycles. The quantitative estimate of drug-likeness (QED) is 0.0807. The first-order valence-electron chi connectivity index (χ1n) is 18.0. The van der Waals surface area contributed by atoms with Gasteiger partial charge in [-0.25, -0.2) is 9.13 Å². The number of hydrogen-bond acceptors (Lipinski definition) is 4. The van der Waals surface area contributed by atoms with Gasteiger partial charge in [0.2, 0.25) is 11.4 Å². The molecule has 0 spiro atoms. The summed E-state index contributed by atoms with van der Waals surface area (Å²) in [6, 6.07) is 29.7. The summed E-state index contributed by atoms with van der Waals surface area (Å²) in [5.41, 5.74) is 6.79. The number of aryl methyl sites for hydroxylation is 2. The largest absolute Gasteiger partial charge is 0.494 e. The van der Waals surface area contributed by atoms with Crippen LogP contribution in [-0.4, -0.2) is 26.4 Å². The molecule has 0 aliphatic rings. The number of nitrogens with zero attached hydrogens (tertiary/aromatic N) is 2. The molecule has 4 aromatic carbocycles. The Morgan fingerprint density at radius 1 is 0.520 bits per heavy atom. The Bertz CT molecular complexity index is 2110. The molecule has 50 heavy (non-hydrogen) atoms. The van der Waals surface area contributed by atoms with Gasteiger partial charge in [-0.15, -0.1) is 0 Å². The number of hydrogen-bond donors (Lipinski definition) is 0. The van der Waals surface area contributed by atoms with E-state index < -0.39 is 0 Å². The summed E-state index contributed by atoms with van der Waals surface area (Å²) in [4.78, 5) is 0. The van der Waals surface area contributed by atoms with E-state index >= 15 is 0 Å². The van der Waals surface area contributed by atoms with Crippen LogP contribution in [0.25, 0.3) is 44.1 Å². The van der Waals surface area contributed by atoms with Crippen LogP contribution in [-0.2, 0) is 14.1 Å². The molecule has 6 aromatic rings. The van der Waals surface area contributed by atoms with E-state index in [4.69, 9.17) is 18.9 Å². The number of pyridine rings is 2. The third-order valence-corrected chi connectivity index (χ3v) is 9.36. The molecule has 0 radical (unpaired) electrons. The molecule has 0 N–H and O–H groups in total. The minimum Gasteiger partial charge on any atom is -0.494 e. The summed E-state index contributed by atoms with van der Waals surface area (Å²) in [6.45, 7) is 10.9. The van der Waals surface area contributed by atoms with E-state index in [9.17, 15) is 0 Å². The zero-order valence-electron chi connectivity index (χ0n) is 30.4. The average molecular weight is 671 g/mol. The maximum Gasteiger partial charge on any atom is 0.220 e. The lowest BCUT2D eigenvalue weighted by atomic mass is 9.98. The third-order valence-electron chi connectivity index (χ3n) is 9.36. The van der Waals surface area contributed by atoms with Crippen LogP contribution in [0.5, 0.6) is 23.0 Å². The monoisotopic (exact) mass is 670 g/mol. The van der Waals surface area contributed by atoms with Crippen LogP contribution in [0.2, 0.25) is 0 Å². The predicted molar refractivity (Wildman–Crippen MR) is 202 cm³/mol. The van der Waals surface area contributed by atoms with Crippen molar-refractivity contribution in [3.8, 4) is 45.5 Å². The average Bonchev–Trinajstić information content (AvgIpc) is 3.12. The normalized spacial score (nSPS) is 11.2. The van der Waals surface area contributed by atoms with Gasteiger partial charge < -0.3 is 18.9 Å². The van der Waals surface area contributed by atoms with E-state index in [0.717, 1.165) is 82.3 Å². The lowest BCUT2D eigenvalue weighted by Crippen LogP contribution is -2.30. The van der Waals surface area contributed by atoms with Gasteiger partial charge in [0.15, 0.2) is 12.4 Å². The third kappa shape index (κ3) is 7.55. The number of aromatic nitrogens is 2. The highest BCUT2D eigenvalue weighted by Gasteiger charge is 2.22. The molecule has 2 heterocycles. The van der Waals surface area contributed by atoms with Gasteiger partial charge in [0.05, 0.1) is 48.3 Å². The Morgan fingerprint density at radius 3 is 1.52 bits per heavy atom. The van der Waals surface area contributed by atoms with Crippen molar-refractivity contribution in [1.82, 2.24) is 0 Å². The fraction of sp³-hybridized carbons (Fsp3) is 0.318. The lowest BCUT2D eigenvalue weighted by Gasteiger charge is -2.16. The van der Waals surface area contributed by atoms with E-state index in [-0.39, 0.29) is 0 Å². The summed E-state index contributed by atoms with van der Waals surface area (Å²) in [7, 11) is 4.19. The second kappa shape index (κ2) is 16.1. The first-order chi connectivity index (χ1) is 24.4. The summed E-state index contributed by atoms with van der Waals surface area (Å²) >= 11 is 0. The fourth-order valence-electron chi connectivity index (χ4n) is 6.71. The molecule has 6 rings (SSSR count). The van der Waals surface area contributed by atoms with Crippen LogP contribution < -0.4 is 28.1 Å². The number of rotatable bonds is 15. The Labute approximate surface area is 296 Å². The highest BCUT2D eigenvalue weighted by atomic mass is 16.5. The van der Waals surface area contributed by atoms with Gasteiger partial charge in [0.1, 0.15) is 37.1 Å². The van der Waals surface area contributed by atoms with Crippen LogP contribution in [0, 0.1) is 13.8 Å². The van der Waals surface area contributed by atoms with Gasteiger partial charge in [-0.3, -0.25) is 0 Å². The highest BCUT2D eigenvalue weighted by molar-refractivity contribution is 5.95. The molecule has 0 amide bonds. The van der Waals surface area contributed by atoms with Crippen LogP contribution in [0.1, 0.15) is 50.7 Å². The van der Waals surface area contributed by atoms with Gasteiger partial charge in [-0.1, -0.05) is 43.3 Å². The Balaban J connectivity index is 1.13. The van der Waals surface area contributed by atoms with Crippen LogP contribution >= 0.6 is 0 Å². The zero-order valence-corrected chi connectivity index (χ0v) is 30.4. The van der Waals surface area contributed by atoms with E-state index in [2.05, 4.69) is 129 Å². The highest BCUT2D eigenvalue weighted by Crippen LogP contribution is 2.38. The van der Waals surface area contributed by atoms with E-state index in [1.54, 1.807) is 0 Å². The molecule has 0 bridgehead atoms. The maximum atomic E-state index is 6.43. The van der Waals surface area contributed by atoms with Crippen molar-refractivity contribution in [3.63, 3.8) is 0 Å². The molecule has 0 atom stereocenters. The fourth-order valence-corrected chi connectivity index (χ4v) is 6.71. The van der Waals surface area contributed by atoms with Crippen molar-refractivity contribution in [2.24, 2.45) is 14.1 Å². The molecule has 0 aliphatic heterocycles. The maximum absolute atomic E-state index is 6.43. The van der Waals surface area contributed by atoms with Crippen molar-refractivity contribution >= 4 is 21.5 Å². The molecule has 0 aliphatic carbocycles. The smallest absolute Gasteiger partial charge is 0.220 e. The molecular formula is C44H50N2O4+2. The Hall–Kier alpha value is -5.10. The van der Waals surface area contributed by atoms with Crippen molar-refractivity contribution in [3.05, 3.63) is 108 Å². The summed E-state index contributed by atoms with van der Waals surface area (Å²) in [6.07, 6.45) is 8.03. The van der Waals surface area contributed by atoms with E-state index in [1.807, 2.05) is 19.1 Å². The Kier molecular flexibility index (Phi) is 11.2. The summed E-state index contributed by atoms with van der Waals surface area (Å²) < 4.78 is 29.4. The number of fused-ring (bicyclic) bond motifs is 2. The summed E-state index contributed by atoms with van der Waals surface area (Å²) in [5.74, 6) is 3.39. The number of ether oxygens (including phenoxy) is 4.